The summed E-state index contributed by atoms with van der Waals surface area (Å²) in [6.07, 6.45) is 0.876. The molecule has 3 rings (SSSR count). The first-order valence-electron chi connectivity index (χ1n) is 8.14. The minimum atomic E-state index is 0.0101. The Balaban J connectivity index is 1.43. The van der Waals surface area contributed by atoms with Crippen molar-refractivity contribution in [1.82, 2.24) is 10.6 Å². The monoisotopic (exact) mass is 346 g/mol. The van der Waals surface area contributed by atoms with E-state index >= 15 is 0 Å². The maximum absolute atomic E-state index is 11.9. The molecule has 0 bridgehead atoms. The molecule has 0 radical (unpaired) electrons. The molecule has 1 unspecified atom stereocenters. The Morgan fingerprint density at radius 2 is 2.08 bits per heavy atom. The summed E-state index contributed by atoms with van der Waals surface area (Å²) >= 11 is 1.71. The molecule has 1 aliphatic heterocycles. The highest BCUT2D eigenvalue weighted by molar-refractivity contribution is 7.09. The van der Waals surface area contributed by atoms with Crippen LogP contribution in [0.2, 0.25) is 0 Å². The van der Waals surface area contributed by atoms with E-state index in [4.69, 9.17) is 9.47 Å². The predicted molar refractivity (Wildman–Crippen MR) is 94.9 cm³/mol. The fraction of sp³-hybridized carbons (Fsp3) is 0.389. The molecule has 0 fully saturated rings. The third-order valence-electron chi connectivity index (χ3n) is 3.91. The van der Waals surface area contributed by atoms with Crippen molar-refractivity contribution in [2.45, 2.75) is 19.4 Å². The largest absolute Gasteiger partial charge is 0.486 e. The van der Waals surface area contributed by atoms with E-state index in [1.807, 2.05) is 36.6 Å². The second kappa shape index (κ2) is 8.17. The average molecular weight is 346 g/mol. The van der Waals surface area contributed by atoms with Crippen LogP contribution in [0, 0.1) is 0 Å². The summed E-state index contributed by atoms with van der Waals surface area (Å²) in [6, 6.07) is 10.1. The minimum absolute atomic E-state index is 0.0101. The Morgan fingerprint density at radius 3 is 2.88 bits per heavy atom. The van der Waals surface area contributed by atoms with Crippen molar-refractivity contribution in [3.05, 3.63) is 46.2 Å². The van der Waals surface area contributed by atoms with Crippen molar-refractivity contribution in [1.29, 1.82) is 0 Å². The Hall–Kier alpha value is -2.05. The molecule has 1 aromatic heterocycles. The number of nitrogens with one attached hydrogen (secondary N) is 2. The molecule has 0 aliphatic carbocycles. The fourth-order valence-electron chi connectivity index (χ4n) is 2.54. The van der Waals surface area contributed by atoms with Crippen LogP contribution in [-0.4, -0.2) is 32.2 Å². The van der Waals surface area contributed by atoms with Crippen molar-refractivity contribution >= 4 is 17.2 Å². The lowest BCUT2D eigenvalue weighted by atomic mass is 10.1. The van der Waals surface area contributed by atoms with Crippen molar-refractivity contribution < 1.29 is 14.3 Å². The molecular formula is C18H22N2O3S. The minimum Gasteiger partial charge on any atom is -0.486 e. The quantitative estimate of drug-likeness (QED) is 0.809. The summed E-state index contributed by atoms with van der Waals surface area (Å²) in [5, 5.41) is 8.23. The lowest BCUT2D eigenvalue weighted by Gasteiger charge is -2.21. The van der Waals surface area contributed by atoms with Crippen LogP contribution in [0.5, 0.6) is 11.5 Å². The van der Waals surface area contributed by atoms with Gasteiger partial charge in [0.05, 0.1) is 6.54 Å². The standard InChI is InChI=1S/C18H22N2O3S/c1-13(14-4-5-16-17(11-14)23-9-8-22-16)20-12-18(21)19-7-6-15-3-2-10-24-15/h2-5,10-11,13,20H,6-9,12H2,1H3,(H,19,21). The van der Waals surface area contributed by atoms with Crippen LogP contribution in [0.3, 0.4) is 0 Å². The summed E-state index contributed by atoms with van der Waals surface area (Å²) in [7, 11) is 0. The molecule has 0 saturated heterocycles. The third-order valence-corrected chi connectivity index (χ3v) is 4.84. The first kappa shape index (κ1) is 16.8. The van der Waals surface area contributed by atoms with E-state index in [1.165, 1.54) is 4.88 Å². The highest BCUT2D eigenvalue weighted by atomic mass is 32.1. The summed E-state index contributed by atoms with van der Waals surface area (Å²) in [5.74, 6) is 1.56. The first-order valence-corrected chi connectivity index (χ1v) is 9.02. The van der Waals surface area contributed by atoms with Gasteiger partial charge in [-0.25, -0.2) is 0 Å². The molecule has 2 aromatic rings. The number of fused-ring (bicyclic) bond motifs is 1. The smallest absolute Gasteiger partial charge is 0.233 e. The van der Waals surface area contributed by atoms with Gasteiger partial charge in [-0.1, -0.05) is 12.1 Å². The fourth-order valence-corrected chi connectivity index (χ4v) is 3.24. The van der Waals surface area contributed by atoms with Crippen LogP contribution in [-0.2, 0) is 11.2 Å². The maximum Gasteiger partial charge on any atom is 0.233 e. The molecule has 128 valence electrons. The van der Waals surface area contributed by atoms with Gasteiger partial charge in [0.2, 0.25) is 5.91 Å². The number of rotatable bonds is 7. The van der Waals surface area contributed by atoms with E-state index in [-0.39, 0.29) is 11.9 Å². The number of carbonyl (C=O) groups excluding carboxylic acids is 1. The Morgan fingerprint density at radius 1 is 1.25 bits per heavy atom. The van der Waals surface area contributed by atoms with Crippen molar-refractivity contribution in [3.63, 3.8) is 0 Å². The van der Waals surface area contributed by atoms with Crippen molar-refractivity contribution in [2.24, 2.45) is 0 Å². The molecule has 1 amide bonds. The number of hydrogen-bond donors (Lipinski definition) is 2. The Bertz CT molecular complexity index is 673. The number of benzene rings is 1. The van der Waals surface area contributed by atoms with Gasteiger partial charge in [-0.3, -0.25) is 4.79 Å². The zero-order chi connectivity index (χ0) is 16.8. The van der Waals surface area contributed by atoms with Gasteiger partial charge in [-0.05, 0) is 42.5 Å². The van der Waals surface area contributed by atoms with Crippen LogP contribution < -0.4 is 20.1 Å². The van der Waals surface area contributed by atoms with Crippen molar-refractivity contribution in [3.8, 4) is 11.5 Å². The predicted octanol–water partition coefficient (Wildman–Crippen LogP) is 2.53. The van der Waals surface area contributed by atoms with Gasteiger partial charge in [-0.15, -0.1) is 11.3 Å². The molecule has 1 aliphatic rings. The maximum atomic E-state index is 11.9. The lowest BCUT2D eigenvalue weighted by Crippen LogP contribution is -2.36. The third kappa shape index (κ3) is 4.49. The number of ether oxygens (including phenoxy) is 2. The molecule has 6 heteroatoms. The molecule has 24 heavy (non-hydrogen) atoms. The molecule has 0 saturated carbocycles. The molecule has 5 nitrogen and oxygen atoms in total. The van der Waals surface area contributed by atoms with E-state index in [9.17, 15) is 4.79 Å². The normalized spacial score (nSPS) is 14.2. The Labute approximate surface area is 146 Å². The van der Waals surface area contributed by atoms with E-state index in [1.54, 1.807) is 11.3 Å². The zero-order valence-corrected chi connectivity index (χ0v) is 14.5. The van der Waals surface area contributed by atoms with Crippen molar-refractivity contribution in [2.75, 3.05) is 26.3 Å². The van der Waals surface area contributed by atoms with Crippen LogP contribution in [0.4, 0.5) is 0 Å². The average Bonchev–Trinajstić information content (AvgIpc) is 3.12. The molecular weight excluding hydrogens is 324 g/mol. The van der Waals surface area contributed by atoms with Gasteiger partial charge in [0.1, 0.15) is 13.2 Å². The van der Waals surface area contributed by atoms with Gasteiger partial charge in [0.25, 0.3) is 0 Å². The highest BCUT2D eigenvalue weighted by Gasteiger charge is 2.14. The van der Waals surface area contributed by atoms with Gasteiger partial charge in [0, 0.05) is 17.5 Å². The van der Waals surface area contributed by atoms with E-state index in [0.29, 0.717) is 26.3 Å². The van der Waals surface area contributed by atoms with Crippen LogP contribution >= 0.6 is 11.3 Å². The Kier molecular flexibility index (Phi) is 5.72. The molecule has 1 aromatic carbocycles. The summed E-state index contributed by atoms with van der Waals surface area (Å²) in [6.45, 7) is 4.15. The number of hydrogen-bond acceptors (Lipinski definition) is 5. The topological polar surface area (TPSA) is 59.6 Å². The number of carbonyl (C=O) groups is 1. The van der Waals surface area contributed by atoms with E-state index in [0.717, 1.165) is 23.5 Å². The second-order valence-corrected chi connectivity index (χ2v) is 6.72. The molecule has 2 heterocycles. The van der Waals surface area contributed by atoms with E-state index in [2.05, 4.69) is 16.7 Å². The summed E-state index contributed by atoms with van der Waals surface area (Å²) in [4.78, 5) is 13.2. The van der Waals surface area contributed by atoms with Gasteiger partial charge < -0.3 is 20.1 Å². The lowest BCUT2D eigenvalue weighted by molar-refractivity contribution is -0.120. The summed E-state index contributed by atoms with van der Waals surface area (Å²) < 4.78 is 11.1. The van der Waals surface area contributed by atoms with Gasteiger partial charge in [-0.2, -0.15) is 0 Å². The number of thiophene rings is 1. The highest BCUT2D eigenvalue weighted by Crippen LogP contribution is 2.32. The van der Waals surface area contributed by atoms with Crippen LogP contribution in [0.15, 0.2) is 35.7 Å². The number of amides is 1. The zero-order valence-electron chi connectivity index (χ0n) is 13.7. The summed E-state index contributed by atoms with van der Waals surface area (Å²) in [5.41, 5.74) is 1.07. The van der Waals surface area contributed by atoms with E-state index < -0.39 is 0 Å². The molecule has 2 N–H and O–H groups in total. The van der Waals surface area contributed by atoms with Gasteiger partial charge >= 0.3 is 0 Å². The van der Waals surface area contributed by atoms with Crippen LogP contribution in [0.25, 0.3) is 0 Å². The second-order valence-electron chi connectivity index (χ2n) is 5.69. The van der Waals surface area contributed by atoms with Crippen LogP contribution in [0.1, 0.15) is 23.4 Å². The van der Waals surface area contributed by atoms with Gasteiger partial charge in [0.15, 0.2) is 11.5 Å². The first-order chi connectivity index (χ1) is 11.7. The molecule has 0 spiro atoms. The SMILES string of the molecule is CC(NCC(=O)NCCc1cccs1)c1ccc2c(c1)OCCO2. The molecule has 1 atom stereocenters.